The van der Waals surface area contributed by atoms with Crippen LogP contribution in [0, 0.1) is 0 Å². The summed E-state index contributed by atoms with van der Waals surface area (Å²) in [5.74, 6) is 0.613. The fourth-order valence-corrected chi connectivity index (χ4v) is 3.04. The smallest absolute Gasteiger partial charge is 0.204 e. The van der Waals surface area contributed by atoms with Crippen LogP contribution in [0.1, 0.15) is 5.56 Å². The van der Waals surface area contributed by atoms with E-state index in [1.165, 1.54) is 11.1 Å². The third kappa shape index (κ3) is 2.42. The SMILES string of the molecule is Brc1cccc(Cn2ccc3cc(-c4nn[nH]n4)ccc32)c1. The van der Waals surface area contributed by atoms with Crippen molar-refractivity contribution in [3.63, 3.8) is 0 Å². The van der Waals surface area contributed by atoms with Crippen molar-refractivity contribution >= 4 is 26.8 Å². The van der Waals surface area contributed by atoms with Gasteiger partial charge in [0.1, 0.15) is 0 Å². The fourth-order valence-electron chi connectivity index (χ4n) is 2.59. The van der Waals surface area contributed by atoms with E-state index in [1.807, 2.05) is 12.1 Å². The molecule has 0 spiro atoms. The van der Waals surface area contributed by atoms with Gasteiger partial charge in [0.15, 0.2) is 0 Å². The van der Waals surface area contributed by atoms with Gasteiger partial charge in [-0.05, 0) is 47.2 Å². The van der Waals surface area contributed by atoms with Gasteiger partial charge in [-0.3, -0.25) is 0 Å². The number of aromatic nitrogens is 5. The standard InChI is InChI=1S/C16H12BrN5/c17-14-3-1-2-11(8-14)10-22-7-6-12-9-13(4-5-15(12)22)16-18-20-21-19-16/h1-9H,10H2,(H,18,19,20,21). The monoisotopic (exact) mass is 353 g/mol. The van der Waals surface area contributed by atoms with Gasteiger partial charge >= 0.3 is 0 Å². The number of rotatable bonds is 3. The molecule has 0 unspecified atom stereocenters. The Morgan fingerprint density at radius 2 is 2.05 bits per heavy atom. The molecule has 2 heterocycles. The van der Waals surface area contributed by atoms with Crippen LogP contribution >= 0.6 is 15.9 Å². The van der Waals surface area contributed by atoms with Gasteiger partial charge in [0, 0.05) is 33.7 Å². The van der Waals surface area contributed by atoms with Crippen LogP contribution in [0.25, 0.3) is 22.3 Å². The van der Waals surface area contributed by atoms with Crippen LogP contribution in [0.4, 0.5) is 0 Å². The molecule has 4 rings (SSSR count). The number of tetrazole rings is 1. The minimum atomic E-state index is 0.613. The largest absolute Gasteiger partial charge is 0.343 e. The van der Waals surface area contributed by atoms with E-state index in [9.17, 15) is 0 Å². The van der Waals surface area contributed by atoms with Crippen molar-refractivity contribution in [2.75, 3.05) is 0 Å². The van der Waals surface area contributed by atoms with Gasteiger partial charge in [-0.15, -0.1) is 10.2 Å². The number of hydrogen-bond donors (Lipinski definition) is 1. The highest BCUT2D eigenvalue weighted by molar-refractivity contribution is 9.10. The third-order valence-electron chi connectivity index (χ3n) is 3.62. The van der Waals surface area contributed by atoms with E-state index in [0.29, 0.717) is 5.82 Å². The Kier molecular flexibility index (Phi) is 3.23. The van der Waals surface area contributed by atoms with Crippen LogP contribution in [-0.2, 0) is 6.54 Å². The highest BCUT2D eigenvalue weighted by Gasteiger charge is 2.07. The summed E-state index contributed by atoms with van der Waals surface area (Å²) >= 11 is 3.52. The molecule has 0 radical (unpaired) electrons. The lowest BCUT2D eigenvalue weighted by Crippen LogP contribution is -1.97. The summed E-state index contributed by atoms with van der Waals surface area (Å²) in [5, 5.41) is 15.3. The summed E-state index contributed by atoms with van der Waals surface area (Å²) in [6, 6.07) is 16.7. The summed E-state index contributed by atoms with van der Waals surface area (Å²) < 4.78 is 3.33. The second-order valence-corrected chi connectivity index (χ2v) is 6.00. The lowest BCUT2D eigenvalue weighted by atomic mass is 10.1. The van der Waals surface area contributed by atoms with E-state index in [0.717, 1.165) is 22.0 Å². The number of benzene rings is 2. The minimum absolute atomic E-state index is 0.613. The molecule has 0 amide bonds. The van der Waals surface area contributed by atoms with E-state index in [-0.39, 0.29) is 0 Å². The quantitative estimate of drug-likeness (QED) is 0.611. The average Bonchev–Trinajstić information content (AvgIpc) is 3.17. The Hall–Kier alpha value is -2.47. The Morgan fingerprint density at radius 3 is 2.86 bits per heavy atom. The lowest BCUT2D eigenvalue weighted by Gasteiger charge is -2.06. The zero-order valence-corrected chi connectivity index (χ0v) is 13.2. The van der Waals surface area contributed by atoms with Crippen LogP contribution in [0.3, 0.4) is 0 Å². The highest BCUT2D eigenvalue weighted by Crippen LogP contribution is 2.23. The Balaban J connectivity index is 1.71. The van der Waals surface area contributed by atoms with Gasteiger partial charge < -0.3 is 4.57 Å². The van der Waals surface area contributed by atoms with Crippen LogP contribution in [0.2, 0.25) is 0 Å². The van der Waals surface area contributed by atoms with Crippen LogP contribution < -0.4 is 0 Å². The highest BCUT2D eigenvalue weighted by atomic mass is 79.9. The number of nitrogens with zero attached hydrogens (tertiary/aromatic N) is 4. The minimum Gasteiger partial charge on any atom is -0.343 e. The predicted octanol–water partition coefficient (Wildman–Crippen LogP) is 3.63. The normalized spacial score (nSPS) is 11.1. The second kappa shape index (κ2) is 5.38. The topological polar surface area (TPSA) is 59.4 Å². The molecular formula is C16H12BrN5. The molecule has 0 aliphatic heterocycles. The summed E-state index contributed by atoms with van der Waals surface area (Å²) in [6.45, 7) is 0.838. The molecule has 0 saturated carbocycles. The molecule has 6 heteroatoms. The molecule has 5 nitrogen and oxygen atoms in total. The lowest BCUT2D eigenvalue weighted by molar-refractivity contribution is 0.836. The second-order valence-electron chi connectivity index (χ2n) is 5.08. The molecule has 2 aromatic heterocycles. The molecule has 0 atom stereocenters. The van der Waals surface area contributed by atoms with Crippen molar-refractivity contribution in [3.05, 3.63) is 64.8 Å². The zero-order valence-electron chi connectivity index (χ0n) is 11.6. The van der Waals surface area contributed by atoms with E-state index >= 15 is 0 Å². The molecule has 0 fully saturated rings. The van der Waals surface area contributed by atoms with Crippen LogP contribution in [0.5, 0.6) is 0 Å². The maximum Gasteiger partial charge on any atom is 0.204 e. The van der Waals surface area contributed by atoms with E-state index in [4.69, 9.17) is 0 Å². The maximum atomic E-state index is 4.02. The van der Waals surface area contributed by atoms with Crippen molar-refractivity contribution in [1.82, 2.24) is 25.2 Å². The van der Waals surface area contributed by atoms with Gasteiger partial charge in [-0.25, -0.2) is 0 Å². The number of hydrogen-bond acceptors (Lipinski definition) is 3. The molecule has 0 saturated heterocycles. The summed E-state index contributed by atoms with van der Waals surface area (Å²) in [4.78, 5) is 0. The molecule has 108 valence electrons. The molecule has 0 aliphatic rings. The van der Waals surface area contributed by atoms with Crippen LogP contribution in [0.15, 0.2) is 59.2 Å². The Labute approximate surface area is 135 Å². The summed E-state index contributed by atoms with van der Waals surface area (Å²) in [6.07, 6.45) is 2.10. The van der Waals surface area contributed by atoms with Gasteiger partial charge in [0.05, 0.1) is 0 Å². The van der Waals surface area contributed by atoms with Gasteiger partial charge in [0.2, 0.25) is 5.82 Å². The number of fused-ring (bicyclic) bond motifs is 1. The number of aromatic amines is 1. The van der Waals surface area contributed by atoms with E-state index in [2.05, 4.69) is 83.7 Å². The fraction of sp³-hybridized carbons (Fsp3) is 0.0625. The number of nitrogens with one attached hydrogen (secondary N) is 1. The average molecular weight is 354 g/mol. The first-order valence-corrected chi connectivity index (χ1v) is 7.66. The van der Waals surface area contributed by atoms with E-state index in [1.54, 1.807) is 0 Å². The summed E-state index contributed by atoms with van der Waals surface area (Å²) in [7, 11) is 0. The maximum absolute atomic E-state index is 4.02. The van der Waals surface area contributed by atoms with Crippen molar-refractivity contribution in [1.29, 1.82) is 0 Å². The zero-order chi connectivity index (χ0) is 14.9. The van der Waals surface area contributed by atoms with Crippen molar-refractivity contribution < 1.29 is 0 Å². The van der Waals surface area contributed by atoms with Crippen molar-refractivity contribution in [3.8, 4) is 11.4 Å². The number of halogens is 1. The first kappa shape index (κ1) is 13.2. The molecule has 22 heavy (non-hydrogen) atoms. The van der Waals surface area contributed by atoms with E-state index < -0.39 is 0 Å². The molecule has 2 aromatic carbocycles. The summed E-state index contributed by atoms with van der Waals surface area (Å²) in [5.41, 5.74) is 3.41. The molecular weight excluding hydrogens is 342 g/mol. The Morgan fingerprint density at radius 1 is 1.09 bits per heavy atom. The van der Waals surface area contributed by atoms with Gasteiger partial charge in [-0.1, -0.05) is 28.1 Å². The predicted molar refractivity (Wildman–Crippen MR) is 88.4 cm³/mol. The number of H-pyrrole nitrogens is 1. The molecule has 0 bridgehead atoms. The first-order chi connectivity index (χ1) is 10.8. The first-order valence-electron chi connectivity index (χ1n) is 6.87. The molecule has 4 aromatic rings. The van der Waals surface area contributed by atoms with Crippen molar-refractivity contribution in [2.24, 2.45) is 0 Å². The van der Waals surface area contributed by atoms with Gasteiger partial charge in [-0.2, -0.15) is 5.21 Å². The molecule has 1 N–H and O–H groups in total. The van der Waals surface area contributed by atoms with Crippen LogP contribution in [-0.4, -0.2) is 25.2 Å². The Bertz CT molecular complexity index is 927. The van der Waals surface area contributed by atoms with Crippen molar-refractivity contribution in [2.45, 2.75) is 6.54 Å². The third-order valence-corrected chi connectivity index (χ3v) is 4.11. The molecule has 0 aliphatic carbocycles. The van der Waals surface area contributed by atoms with Gasteiger partial charge in [0.25, 0.3) is 0 Å².